The summed E-state index contributed by atoms with van der Waals surface area (Å²) in [5.74, 6) is -2.15. The van der Waals surface area contributed by atoms with E-state index in [0.29, 0.717) is 33.0 Å². The van der Waals surface area contributed by atoms with Gasteiger partial charge in [-0.2, -0.15) is 13.2 Å². The monoisotopic (exact) mass is 488 g/mol. The number of ether oxygens (including phenoxy) is 4. The van der Waals surface area contributed by atoms with Crippen LogP contribution in [0.4, 0.5) is 18.9 Å². The van der Waals surface area contributed by atoms with Gasteiger partial charge in [-0.05, 0) is 24.3 Å². The summed E-state index contributed by atoms with van der Waals surface area (Å²) in [6, 6.07) is 4.25. The molecule has 0 saturated heterocycles. The van der Waals surface area contributed by atoms with Crippen LogP contribution in [0.25, 0.3) is 0 Å². The van der Waals surface area contributed by atoms with E-state index in [1.807, 2.05) is 0 Å². The maximum absolute atomic E-state index is 12.2. The first-order valence-electron chi connectivity index (χ1n) is 9.56. The minimum Gasteiger partial charge on any atom is -0.394 e. The molecule has 0 aromatic heterocycles. The molecule has 184 valence electrons. The van der Waals surface area contributed by atoms with Crippen molar-refractivity contribution in [2.75, 3.05) is 71.3 Å². The number of hydrogen-bond donors (Lipinski definition) is 3. The molecule has 1 rings (SSSR count). The van der Waals surface area contributed by atoms with Gasteiger partial charge >= 0.3 is 12.1 Å². The highest BCUT2D eigenvalue weighted by molar-refractivity contribution is 7.89. The summed E-state index contributed by atoms with van der Waals surface area (Å²) in [7, 11) is -3.89. The smallest absolute Gasteiger partial charge is 0.394 e. The minimum atomic E-state index is -5.04. The Morgan fingerprint density at radius 2 is 1.31 bits per heavy atom. The van der Waals surface area contributed by atoms with Crippen LogP contribution in [0.5, 0.6) is 0 Å². The van der Waals surface area contributed by atoms with Crippen LogP contribution < -0.4 is 10.0 Å². The number of benzene rings is 1. The zero-order valence-corrected chi connectivity index (χ0v) is 18.0. The Kier molecular flexibility index (Phi) is 13.3. The third kappa shape index (κ3) is 12.3. The molecule has 0 aliphatic rings. The lowest BCUT2D eigenvalue weighted by Gasteiger charge is -2.10. The van der Waals surface area contributed by atoms with E-state index in [9.17, 15) is 26.4 Å². The van der Waals surface area contributed by atoms with Crippen molar-refractivity contribution in [3.05, 3.63) is 24.3 Å². The molecule has 3 N–H and O–H groups in total. The molecule has 0 saturated carbocycles. The average Bonchev–Trinajstić information content (AvgIpc) is 2.73. The molecule has 1 aromatic carbocycles. The standard InChI is InChI=1S/C18H27F3N2O8S/c19-18(20,21)17(25)23-15-1-3-16(4-2-15)32(26,27)22-5-7-28-9-11-30-13-14-31-12-10-29-8-6-24/h1-4,22,24H,5-14H2,(H,23,25). The Labute approximate surface area is 184 Å². The number of nitrogens with one attached hydrogen (secondary N) is 2. The second kappa shape index (κ2) is 15.1. The molecule has 1 aromatic rings. The van der Waals surface area contributed by atoms with Gasteiger partial charge in [-0.3, -0.25) is 4.79 Å². The molecule has 32 heavy (non-hydrogen) atoms. The van der Waals surface area contributed by atoms with Gasteiger partial charge < -0.3 is 29.4 Å². The van der Waals surface area contributed by atoms with E-state index in [1.54, 1.807) is 5.32 Å². The number of alkyl halides is 3. The van der Waals surface area contributed by atoms with Gasteiger partial charge in [-0.1, -0.05) is 0 Å². The zero-order valence-electron chi connectivity index (χ0n) is 17.2. The van der Waals surface area contributed by atoms with E-state index in [2.05, 4.69) is 4.72 Å². The number of hydrogen-bond acceptors (Lipinski definition) is 8. The van der Waals surface area contributed by atoms with E-state index in [4.69, 9.17) is 24.1 Å². The second-order valence-corrected chi connectivity index (χ2v) is 7.81. The third-order valence-corrected chi connectivity index (χ3v) is 5.05. The summed E-state index contributed by atoms with van der Waals surface area (Å²) < 4.78 is 84.0. The van der Waals surface area contributed by atoms with Gasteiger partial charge in [0.05, 0.1) is 64.4 Å². The van der Waals surface area contributed by atoms with Gasteiger partial charge in [0, 0.05) is 12.2 Å². The summed E-state index contributed by atoms with van der Waals surface area (Å²) in [5.41, 5.74) is -0.185. The van der Waals surface area contributed by atoms with Crippen molar-refractivity contribution in [2.45, 2.75) is 11.1 Å². The molecular weight excluding hydrogens is 461 g/mol. The van der Waals surface area contributed by atoms with E-state index in [0.717, 1.165) is 24.3 Å². The number of aliphatic hydroxyl groups excluding tert-OH is 1. The maximum atomic E-state index is 12.2. The number of carbonyl (C=O) groups is 1. The fourth-order valence-electron chi connectivity index (χ4n) is 2.08. The second-order valence-electron chi connectivity index (χ2n) is 6.05. The topological polar surface area (TPSA) is 132 Å². The van der Waals surface area contributed by atoms with Crippen LogP contribution in [0.1, 0.15) is 0 Å². The fourth-order valence-corrected chi connectivity index (χ4v) is 3.09. The van der Waals surface area contributed by atoms with Crippen LogP contribution in [0.2, 0.25) is 0 Å². The van der Waals surface area contributed by atoms with E-state index in [1.165, 1.54) is 0 Å². The van der Waals surface area contributed by atoms with Crippen molar-refractivity contribution in [3.63, 3.8) is 0 Å². The zero-order chi connectivity index (χ0) is 23.9. The van der Waals surface area contributed by atoms with Gasteiger partial charge in [0.1, 0.15) is 0 Å². The van der Waals surface area contributed by atoms with Crippen molar-refractivity contribution < 1.29 is 50.4 Å². The number of anilines is 1. The van der Waals surface area contributed by atoms with E-state index < -0.39 is 22.1 Å². The molecule has 0 aliphatic carbocycles. The molecule has 10 nitrogen and oxygen atoms in total. The number of halogens is 3. The first kappa shape index (κ1) is 28.2. The average molecular weight is 488 g/mol. The van der Waals surface area contributed by atoms with E-state index in [-0.39, 0.29) is 43.6 Å². The van der Waals surface area contributed by atoms with Crippen molar-refractivity contribution in [3.8, 4) is 0 Å². The Bertz CT molecular complexity index is 760. The molecule has 0 heterocycles. The summed E-state index contributed by atoms with van der Waals surface area (Å²) in [4.78, 5) is 10.7. The Morgan fingerprint density at radius 1 is 0.844 bits per heavy atom. The van der Waals surface area contributed by atoms with Crippen LogP contribution in [0.3, 0.4) is 0 Å². The molecule has 0 radical (unpaired) electrons. The summed E-state index contributed by atoms with van der Waals surface area (Å²) in [6.45, 7) is 2.35. The lowest BCUT2D eigenvalue weighted by molar-refractivity contribution is -0.167. The highest BCUT2D eigenvalue weighted by atomic mass is 32.2. The summed E-state index contributed by atoms with van der Waals surface area (Å²) in [5, 5.41) is 10.1. The molecule has 0 spiro atoms. The predicted octanol–water partition coefficient (Wildman–Crippen LogP) is 0.524. The highest BCUT2D eigenvalue weighted by Crippen LogP contribution is 2.19. The fraction of sp³-hybridized carbons (Fsp3) is 0.611. The maximum Gasteiger partial charge on any atom is 0.471 e. The quantitative estimate of drug-likeness (QED) is 0.271. The highest BCUT2D eigenvalue weighted by Gasteiger charge is 2.38. The van der Waals surface area contributed by atoms with Crippen LogP contribution in [0, 0.1) is 0 Å². The van der Waals surface area contributed by atoms with E-state index >= 15 is 0 Å². The Hall–Kier alpha value is -1.81. The number of aliphatic hydroxyl groups is 1. The Morgan fingerprint density at radius 3 is 1.78 bits per heavy atom. The van der Waals surface area contributed by atoms with Crippen molar-refractivity contribution in [1.29, 1.82) is 0 Å². The minimum absolute atomic E-state index is 0.0220. The lowest BCUT2D eigenvalue weighted by Crippen LogP contribution is -2.30. The first-order chi connectivity index (χ1) is 15.2. The number of sulfonamides is 1. The normalized spacial score (nSPS) is 12.1. The Balaban J connectivity index is 2.14. The molecule has 0 unspecified atom stereocenters. The third-order valence-electron chi connectivity index (χ3n) is 3.57. The van der Waals surface area contributed by atoms with Crippen molar-refractivity contribution >= 4 is 21.6 Å². The SMILES string of the molecule is O=C(Nc1ccc(S(=O)(=O)NCCOCCOCCOCCOCCO)cc1)C(F)(F)F. The molecule has 0 bridgehead atoms. The molecule has 0 aliphatic heterocycles. The number of carbonyl (C=O) groups excluding carboxylic acids is 1. The van der Waals surface area contributed by atoms with Crippen LogP contribution >= 0.6 is 0 Å². The van der Waals surface area contributed by atoms with Crippen LogP contribution in [-0.2, 0) is 33.8 Å². The molecule has 1 amide bonds. The van der Waals surface area contributed by atoms with Gasteiger partial charge in [0.15, 0.2) is 0 Å². The van der Waals surface area contributed by atoms with Gasteiger partial charge in [0.25, 0.3) is 0 Å². The largest absolute Gasteiger partial charge is 0.471 e. The molecule has 0 atom stereocenters. The number of amides is 1. The van der Waals surface area contributed by atoms with Gasteiger partial charge in [-0.15, -0.1) is 0 Å². The van der Waals surface area contributed by atoms with Gasteiger partial charge in [-0.25, -0.2) is 13.1 Å². The molecule has 0 fully saturated rings. The first-order valence-corrected chi connectivity index (χ1v) is 11.0. The van der Waals surface area contributed by atoms with Gasteiger partial charge in [0.2, 0.25) is 10.0 Å². The van der Waals surface area contributed by atoms with Crippen LogP contribution in [0.15, 0.2) is 29.2 Å². The van der Waals surface area contributed by atoms with Crippen molar-refractivity contribution in [1.82, 2.24) is 4.72 Å². The summed E-state index contributed by atoms with van der Waals surface area (Å²) >= 11 is 0. The summed E-state index contributed by atoms with van der Waals surface area (Å²) in [6.07, 6.45) is -5.04. The van der Waals surface area contributed by atoms with Crippen LogP contribution in [-0.4, -0.2) is 91.6 Å². The van der Waals surface area contributed by atoms with Crippen molar-refractivity contribution in [2.24, 2.45) is 0 Å². The predicted molar refractivity (Wildman–Crippen MR) is 107 cm³/mol. The lowest BCUT2D eigenvalue weighted by atomic mass is 10.3. The number of rotatable bonds is 17. The molecule has 14 heteroatoms. The molecular formula is C18H27F3N2O8S.